The molecule has 5 aromatic carbocycles. The molecule has 44 heteroatoms. The van der Waals surface area contributed by atoms with Gasteiger partial charge in [-0.1, -0.05) is 106 Å². The maximum atomic E-state index is 15.7. The molecule has 0 aliphatic carbocycles. The van der Waals surface area contributed by atoms with Crippen molar-refractivity contribution in [3.05, 3.63) is 173 Å². The Balaban J connectivity index is 1.14. The van der Waals surface area contributed by atoms with E-state index in [2.05, 4.69) is 52.8 Å². The molecule has 3 aliphatic heterocycles. The van der Waals surface area contributed by atoms with Crippen molar-refractivity contribution < 1.29 is 124 Å². The first-order chi connectivity index (χ1) is 64.1. The molecular weight excluding hydrogens is 1790 g/mol. The Hall–Kier alpha value is -13.6. The van der Waals surface area contributed by atoms with Gasteiger partial charge in [0, 0.05) is 102 Å². The number of unbranched alkanes of at least 4 members (excludes halogenated alkanes) is 1. The molecule has 3 aliphatic rings. The predicted octanol–water partition coefficient (Wildman–Crippen LogP) is -0.625. The normalized spacial score (nSPS) is 24.0. The van der Waals surface area contributed by atoms with Crippen LogP contribution in [-0.2, 0) is 118 Å². The number of amides is 15. The number of aromatic hydroxyl groups is 1. The van der Waals surface area contributed by atoms with Crippen molar-refractivity contribution in [1.82, 2.24) is 77.3 Å². The van der Waals surface area contributed by atoms with Gasteiger partial charge in [-0.3, -0.25) is 81.5 Å². The number of aromatic amines is 1. The molecule has 18 N–H and O–H groups in total. The van der Waals surface area contributed by atoms with E-state index in [9.17, 15) is 67.6 Å². The lowest BCUT2D eigenvalue weighted by Gasteiger charge is -2.38. The van der Waals surface area contributed by atoms with Crippen LogP contribution in [0.2, 0.25) is 0 Å². The second kappa shape index (κ2) is 49.4. The molecule has 3 fully saturated rings. The fraction of sp³-hybridized carbons (Fsp3) is 0.462. The number of aliphatic carboxylic acids is 2. The van der Waals surface area contributed by atoms with Crippen LogP contribution in [0.15, 0.2) is 121 Å². The Kier molecular flexibility index (Phi) is 38.4. The molecular formula is C91H113F4N17O22S. The number of nitrogens with zero attached hydrogens (tertiary/aromatic N) is 5. The summed E-state index contributed by atoms with van der Waals surface area (Å²) in [5.74, 6) is -28.4. The minimum atomic E-state index is -2.09. The molecule has 6 aromatic rings. The number of nitrogens with one attached hydrogen (secondary N) is 10. The number of phenols is 1. The van der Waals surface area contributed by atoms with Crippen molar-refractivity contribution in [3.8, 4) is 5.75 Å². The number of hydrogen-bond acceptors (Lipinski definition) is 22. The Morgan fingerprint density at radius 3 is 1.76 bits per heavy atom. The van der Waals surface area contributed by atoms with E-state index in [1.807, 2.05) is 0 Å². The number of rotatable bonds is 24. The zero-order valence-electron chi connectivity index (χ0n) is 75.0. The van der Waals surface area contributed by atoms with Gasteiger partial charge in [0.15, 0.2) is 17.5 Å². The third-order valence-corrected chi connectivity index (χ3v) is 24.4. The Bertz CT molecular complexity index is 5270. The molecule has 15 amide bonds. The number of likely N-dealkylation sites (N-methyl/N-ethyl adjacent to an activating group) is 3. The monoisotopic (exact) mass is 1900 g/mol. The number of carboxylic acids is 2. The molecule has 135 heavy (non-hydrogen) atoms. The summed E-state index contributed by atoms with van der Waals surface area (Å²) in [5.41, 5.74) is 12.9. The van der Waals surface area contributed by atoms with Crippen molar-refractivity contribution in [2.24, 2.45) is 17.4 Å². The van der Waals surface area contributed by atoms with Crippen LogP contribution in [0.5, 0.6) is 5.75 Å². The quantitative estimate of drug-likeness (QED) is 0.0265. The lowest BCUT2D eigenvalue weighted by atomic mass is 9.98. The summed E-state index contributed by atoms with van der Waals surface area (Å²) in [4.78, 5) is 257. The highest BCUT2D eigenvalue weighted by Crippen LogP contribution is 2.28. The number of aliphatic hydroxyl groups is 1. The van der Waals surface area contributed by atoms with E-state index in [1.54, 1.807) is 67.7 Å². The molecule has 0 bridgehead atoms. The van der Waals surface area contributed by atoms with Gasteiger partial charge in [-0.2, -0.15) is 0 Å². The number of thioether (sulfide) groups is 1. The van der Waals surface area contributed by atoms with E-state index in [4.69, 9.17) is 16.2 Å². The third kappa shape index (κ3) is 29.2. The predicted molar refractivity (Wildman–Crippen MR) is 478 cm³/mol. The fourth-order valence-electron chi connectivity index (χ4n) is 16.0. The van der Waals surface area contributed by atoms with E-state index in [1.165, 1.54) is 57.3 Å². The first-order valence-corrected chi connectivity index (χ1v) is 44.9. The number of carboxylic acid groups (broad SMARTS) is 2. The van der Waals surface area contributed by atoms with Gasteiger partial charge in [-0.15, -0.1) is 11.8 Å². The number of aromatic nitrogens is 1. The van der Waals surface area contributed by atoms with Crippen LogP contribution in [0.25, 0.3) is 10.9 Å². The number of fused-ring (bicyclic) bond motifs is 3. The summed E-state index contributed by atoms with van der Waals surface area (Å²) >= 11 is 0.591. The van der Waals surface area contributed by atoms with Crippen molar-refractivity contribution >= 4 is 123 Å². The summed E-state index contributed by atoms with van der Waals surface area (Å²) < 4.78 is 65.5. The van der Waals surface area contributed by atoms with Crippen molar-refractivity contribution in [1.29, 1.82) is 0 Å². The number of para-hydroxylation sites is 1. The highest BCUT2D eigenvalue weighted by atomic mass is 32.2. The van der Waals surface area contributed by atoms with Crippen LogP contribution >= 0.6 is 11.8 Å². The lowest BCUT2D eigenvalue weighted by molar-refractivity contribution is -0.152. The Labute approximate surface area is 777 Å². The maximum Gasteiger partial charge on any atom is 0.305 e. The summed E-state index contributed by atoms with van der Waals surface area (Å²) in [7, 11) is 3.41. The average Bonchev–Trinajstić information content (AvgIpc) is 1.57. The van der Waals surface area contributed by atoms with Gasteiger partial charge >= 0.3 is 11.9 Å². The number of benzene rings is 5. The number of halogens is 4. The van der Waals surface area contributed by atoms with E-state index < -0.39 is 309 Å². The van der Waals surface area contributed by atoms with Crippen LogP contribution in [-0.4, -0.2) is 307 Å². The number of aliphatic hydroxyl groups excluding tert-OH is 1. The van der Waals surface area contributed by atoms with Gasteiger partial charge in [0.2, 0.25) is 88.6 Å². The van der Waals surface area contributed by atoms with Gasteiger partial charge < -0.3 is 114 Å². The SMILES string of the molecule is CCCC[C@H]1C(=O)N2C[C@H](O)C[C@@H]2C(=O)N[C@@H](CC(=O)O)C(=O)N[C@@H](C(C)C)C(=O)N(C)[C@@H](Cc2ccccc2)C(=O)N[C@@H](CCC(=O)O)C(=O)N2CCOC[C@@H]2C(=O)N[C@@H](Cc2c[nH]c3ccccc23)C(=O)N[C@@H](Cc2ccc(O)cc2)C(=O)N[C@@H](CCN)C(=O)N[C@H](C(=O)NCC(N)=O)CSCC(=O)N[C@@H](Cc2cc(F)c(F)c(F)c2)C(=O)N(C)[C@@H](Cc2ccc(F)cc2)C(=O)N1C. The second-order valence-electron chi connectivity index (χ2n) is 33.6. The van der Waals surface area contributed by atoms with Crippen LogP contribution in [0, 0.1) is 29.2 Å². The largest absolute Gasteiger partial charge is 0.508 e. The number of H-pyrrole nitrogens is 1. The molecule has 0 spiro atoms. The van der Waals surface area contributed by atoms with Gasteiger partial charge in [0.1, 0.15) is 90.1 Å². The van der Waals surface area contributed by atoms with Crippen molar-refractivity contribution in [3.63, 3.8) is 0 Å². The molecule has 9 rings (SSSR count). The number of carbonyl (C=O) groups excluding carboxylic acids is 15. The molecule has 39 nitrogen and oxygen atoms in total. The summed E-state index contributed by atoms with van der Waals surface area (Å²) in [5, 5.41) is 65.4. The third-order valence-electron chi connectivity index (χ3n) is 23.4. The Morgan fingerprint density at radius 1 is 0.556 bits per heavy atom. The second-order valence-corrected chi connectivity index (χ2v) is 34.6. The first kappa shape index (κ1) is 105. The standard InChI is InChI=1S/C91H113F4N17O22S/c1-7-8-18-68-90(132)112-44-56(114)40-70(112)85(127)105-65(41-76(119)120)83(125)107-78(48(2)3)91(133)109(5)69(37-49-14-10-9-11-15-49)84(126)102-62(27-28-75(117)118)88(130)111-31-32-134-45-72(111)86(128)104-64(39-53-42-98-60-17-13-12-16-57(53)60)82(124)103-63(35-50-21-25-55(113)26-22-50)81(123)101-61(29-30-96)80(122)106-67(79(121)99-43-73(97)115)46-135-47-74(116)100-66(36-52-33-58(93)77(95)59(94)34-52)87(129)110(6)71(89(131)108(68)4)38-51-19-23-54(92)24-20-51/h9-17,19-26,33-34,42,48,56,61-72,78,98,113-114H,7-8,18,27-32,35-41,43-47,96H2,1-6H3,(H2,97,115)(H,99,121)(H,100,116)(H,101,123)(H,102,126)(H,103,124)(H,104,128)(H,105,127)(H,106,122)(H,107,125)(H,117,118)(H,119,120)/t56-,61+,62+,63+,64+,65+,66+,67+,68+,69+,70-,71+,72-,78+/m1/s1. The maximum absolute atomic E-state index is 15.7. The van der Waals surface area contributed by atoms with Crippen molar-refractivity contribution in [2.75, 3.05) is 72.0 Å². The number of hydrogen-bond donors (Lipinski definition) is 16. The van der Waals surface area contributed by atoms with E-state index >= 15 is 51.9 Å². The van der Waals surface area contributed by atoms with Crippen molar-refractivity contribution in [2.45, 2.75) is 189 Å². The van der Waals surface area contributed by atoms with E-state index in [-0.39, 0.29) is 55.7 Å². The summed E-state index contributed by atoms with van der Waals surface area (Å²) in [6, 6.07) is 2.71. The van der Waals surface area contributed by atoms with Gasteiger partial charge in [0.25, 0.3) is 0 Å². The first-order valence-electron chi connectivity index (χ1n) is 43.8. The van der Waals surface area contributed by atoms with Crippen LogP contribution < -0.4 is 59.3 Å². The number of nitrogens with two attached hydrogens (primary N) is 2. The topological polar surface area (TPSA) is 573 Å². The molecule has 0 unspecified atom stereocenters. The molecule has 4 heterocycles. The van der Waals surface area contributed by atoms with Gasteiger partial charge in [-0.05, 0) is 102 Å². The van der Waals surface area contributed by atoms with Crippen LogP contribution in [0.3, 0.4) is 0 Å². The highest BCUT2D eigenvalue weighted by Gasteiger charge is 2.48. The molecule has 0 saturated carbocycles. The minimum Gasteiger partial charge on any atom is -0.508 e. The fourth-order valence-corrected chi connectivity index (χ4v) is 16.8. The average molecular weight is 1910 g/mol. The zero-order chi connectivity index (χ0) is 98.8. The smallest absolute Gasteiger partial charge is 0.305 e. The zero-order valence-corrected chi connectivity index (χ0v) is 75.8. The van der Waals surface area contributed by atoms with Crippen LogP contribution in [0.1, 0.15) is 100.0 Å². The molecule has 728 valence electrons. The molecule has 3 saturated heterocycles. The number of carbonyl (C=O) groups is 17. The molecule has 0 radical (unpaired) electrons. The molecule has 14 atom stereocenters. The highest BCUT2D eigenvalue weighted by molar-refractivity contribution is 8.00. The van der Waals surface area contributed by atoms with Gasteiger partial charge in [-0.25, -0.2) is 17.6 Å². The number of phenolic OH excluding ortho intramolecular Hbond substituents is 1. The molecule has 1 aromatic heterocycles. The van der Waals surface area contributed by atoms with Crippen LogP contribution in [0.4, 0.5) is 17.6 Å². The van der Waals surface area contributed by atoms with E-state index in [0.29, 0.717) is 52.3 Å². The van der Waals surface area contributed by atoms with E-state index in [0.717, 1.165) is 50.7 Å². The lowest BCUT2D eigenvalue weighted by Crippen LogP contribution is -2.64. The number of primary amides is 1. The van der Waals surface area contributed by atoms with Gasteiger partial charge in [0.05, 0.1) is 38.0 Å². The number of morpholine rings is 1. The summed E-state index contributed by atoms with van der Waals surface area (Å²) in [6.45, 7) is 1.65. The summed E-state index contributed by atoms with van der Waals surface area (Å²) in [6.07, 6.45) is -5.73. The minimum absolute atomic E-state index is 0.169. The number of ether oxygens (including phenoxy) is 1. The Morgan fingerprint density at radius 2 is 1.12 bits per heavy atom.